The molecule has 1 amide bonds. The van der Waals surface area contributed by atoms with Gasteiger partial charge >= 0.3 is 5.97 Å². The summed E-state index contributed by atoms with van der Waals surface area (Å²) in [6.45, 7) is 4.03. The van der Waals surface area contributed by atoms with Gasteiger partial charge in [-0.1, -0.05) is 24.3 Å². The first-order valence-electron chi connectivity index (χ1n) is 6.10. The normalized spacial score (nSPS) is 9.89. The molecule has 0 fully saturated rings. The number of nitrogens with one attached hydrogen (secondary N) is 1. The van der Waals surface area contributed by atoms with E-state index in [1.54, 1.807) is 6.92 Å². The standard InChI is InChI=1S/C14H19NO3/c1-3-18-14(17)10-15-13(16)9-8-12-7-5-4-6-11(12)2/h4-7H,3,8-10H2,1-2H3,(H,15,16). The second-order valence-corrected chi connectivity index (χ2v) is 4.01. The molecule has 1 N–H and O–H groups in total. The van der Waals surface area contributed by atoms with Crippen LogP contribution in [-0.4, -0.2) is 25.0 Å². The highest BCUT2D eigenvalue weighted by Gasteiger charge is 2.06. The summed E-state index contributed by atoms with van der Waals surface area (Å²) in [5.41, 5.74) is 2.33. The van der Waals surface area contributed by atoms with Gasteiger partial charge in [-0.2, -0.15) is 0 Å². The second-order valence-electron chi connectivity index (χ2n) is 4.01. The number of ether oxygens (including phenoxy) is 1. The van der Waals surface area contributed by atoms with E-state index in [2.05, 4.69) is 5.32 Å². The van der Waals surface area contributed by atoms with E-state index in [0.717, 1.165) is 5.56 Å². The van der Waals surface area contributed by atoms with Crippen molar-refractivity contribution in [1.82, 2.24) is 5.32 Å². The number of hydrogen-bond acceptors (Lipinski definition) is 3. The molecular formula is C14H19NO3. The maximum Gasteiger partial charge on any atom is 0.325 e. The fourth-order valence-corrected chi connectivity index (χ4v) is 1.61. The summed E-state index contributed by atoms with van der Waals surface area (Å²) in [4.78, 5) is 22.6. The minimum Gasteiger partial charge on any atom is -0.465 e. The molecule has 0 radical (unpaired) electrons. The molecule has 1 rings (SSSR count). The topological polar surface area (TPSA) is 55.4 Å². The van der Waals surface area contributed by atoms with E-state index in [0.29, 0.717) is 19.4 Å². The maximum atomic E-state index is 11.5. The van der Waals surface area contributed by atoms with Crippen LogP contribution in [0.2, 0.25) is 0 Å². The highest BCUT2D eigenvalue weighted by atomic mass is 16.5. The Hall–Kier alpha value is -1.84. The Morgan fingerprint density at radius 1 is 1.28 bits per heavy atom. The molecule has 0 spiro atoms. The van der Waals surface area contributed by atoms with Crippen molar-refractivity contribution in [1.29, 1.82) is 0 Å². The molecule has 0 aliphatic heterocycles. The maximum absolute atomic E-state index is 11.5. The first kappa shape index (κ1) is 14.2. The molecular weight excluding hydrogens is 230 g/mol. The van der Waals surface area contributed by atoms with Gasteiger partial charge in [0.1, 0.15) is 6.54 Å². The largest absolute Gasteiger partial charge is 0.465 e. The lowest BCUT2D eigenvalue weighted by atomic mass is 10.0. The summed E-state index contributed by atoms with van der Waals surface area (Å²) in [5.74, 6) is -0.534. The Morgan fingerprint density at radius 3 is 2.67 bits per heavy atom. The number of carbonyl (C=O) groups is 2. The Morgan fingerprint density at radius 2 is 2.00 bits per heavy atom. The molecule has 0 aliphatic rings. The van der Waals surface area contributed by atoms with Crippen LogP contribution in [0.3, 0.4) is 0 Å². The van der Waals surface area contributed by atoms with Crippen LogP contribution in [0.4, 0.5) is 0 Å². The van der Waals surface area contributed by atoms with Crippen molar-refractivity contribution in [3.05, 3.63) is 35.4 Å². The summed E-state index contributed by atoms with van der Waals surface area (Å²) in [6, 6.07) is 7.96. The van der Waals surface area contributed by atoms with E-state index in [1.807, 2.05) is 31.2 Å². The fourth-order valence-electron chi connectivity index (χ4n) is 1.61. The average Bonchev–Trinajstić information content (AvgIpc) is 2.36. The van der Waals surface area contributed by atoms with Crippen molar-refractivity contribution in [3.8, 4) is 0 Å². The van der Waals surface area contributed by atoms with Crippen LogP contribution in [-0.2, 0) is 20.7 Å². The molecule has 4 nitrogen and oxygen atoms in total. The zero-order valence-electron chi connectivity index (χ0n) is 10.9. The predicted octanol–water partition coefficient (Wildman–Crippen LogP) is 1.61. The molecule has 0 saturated carbocycles. The van der Waals surface area contributed by atoms with Crippen LogP contribution in [0.25, 0.3) is 0 Å². The van der Waals surface area contributed by atoms with Crippen LogP contribution in [0.15, 0.2) is 24.3 Å². The van der Waals surface area contributed by atoms with Crippen LogP contribution < -0.4 is 5.32 Å². The zero-order valence-corrected chi connectivity index (χ0v) is 10.9. The first-order valence-corrected chi connectivity index (χ1v) is 6.10. The van der Waals surface area contributed by atoms with Gasteiger partial charge in [-0.05, 0) is 31.4 Å². The third-order valence-electron chi connectivity index (χ3n) is 2.62. The molecule has 0 bridgehead atoms. The monoisotopic (exact) mass is 249 g/mol. The second kappa shape index (κ2) is 7.48. The third kappa shape index (κ3) is 4.99. The Labute approximate surface area is 107 Å². The zero-order chi connectivity index (χ0) is 13.4. The van der Waals surface area contributed by atoms with Crippen LogP contribution >= 0.6 is 0 Å². The number of carbonyl (C=O) groups excluding carboxylic acids is 2. The lowest BCUT2D eigenvalue weighted by Crippen LogP contribution is -2.30. The minimum atomic E-state index is -0.401. The Balaban J connectivity index is 2.29. The number of rotatable bonds is 6. The summed E-state index contributed by atoms with van der Waals surface area (Å²) < 4.78 is 4.72. The van der Waals surface area contributed by atoms with Gasteiger partial charge in [-0.15, -0.1) is 0 Å². The highest BCUT2D eigenvalue weighted by Crippen LogP contribution is 2.09. The molecule has 1 aromatic rings. The van der Waals surface area contributed by atoms with E-state index in [1.165, 1.54) is 5.56 Å². The number of hydrogen-bond donors (Lipinski definition) is 1. The number of aryl methyl sites for hydroxylation is 2. The Bertz CT molecular complexity index is 415. The number of benzene rings is 1. The van der Waals surface area contributed by atoms with Gasteiger partial charge < -0.3 is 10.1 Å². The fraction of sp³-hybridized carbons (Fsp3) is 0.429. The van der Waals surface area contributed by atoms with Gasteiger partial charge in [0.05, 0.1) is 6.61 Å². The van der Waals surface area contributed by atoms with Crippen molar-refractivity contribution >= 4 is 11.9 Å². The summed E-state index contributed by atoms with van der Waals surface area (Å²) in [7, 11) is 0. The lowest BCUT2D eigenvalue weighted by molar-refractivity contribution is -0.143. The molecule has 0 saturated heterocycles. The van der Waals surface area contributed by atoms with E-state index in [-0.39, 0.29) is 12.5 Å². The van der Waals surface area contributed by atoms with Crippen molar-refractivity contribution < 1.29 is 14.3 Å². The van der Waals surface area contributed by atoms with E-state index < -0.39 is 5.97 Å². The number of amides is 1. The van der Waals surface area contributed by atoms with Crippen molar-refractivity contribution in [2.24, 2.45) is 0 Å². The summed E-state index contributed by atoms with van der Waals surface area (Å²) >= 11 is 0. The molecule has 0 heterocycles. The highest BCUT2D eigenvalue weighted by molar-refractivity contribution is 5.82. The quantitative estimate of drug-likeness (QED) is 0.779. The van der Waals surface area contributed by atoms with Gasteiger partial charge in [0.15, 0.2) is 0 Å². The smallest absolute Gasteiger partial charge is 0.325 e. The van der Waals surface area contributed by atoms with Crippen molar-refractivity contribution in [2.45, 2.75) is 26.7 Å². The van der Waals surface area contributed by atoms with Crippen LogP contribution in [0.5, 0.6) is 0 Å². The van der Waals surface area contributed by atoms with Gasteiger partial charge in [0.25, 0.3) is 0 Å². The molecule has 0 atom stereocenters. The van der Waals surface area contributed by atoms with Crippen molar-refractivity contribution in [2.75, 3.05) is 13.2 Å². The SMILES string of the molecule is CCOC(=O)CNC(=O)CCc1ccccc1C. The average molecular weight is 249 g/mol. The Kier molecular flexibility index (Phi) is 5.91. The summed E-state index contributed by atoms with van der Waals surface area (Å²) in [5, 5.41) is 2.54. The molecule has 0 unspecified atom stereocenters. The minimum absolute atomic E-state index is 0.0551. The van der Waals surface area contributed by atoms with Crippen LogP contribution in [0, 0.1) is 6.92 Å². The predicted molar refractivity (Wildman–Crippen MR) is 69.1 cm³/mol. The molecule has 4 heteroatoms. The van der Waals surface area contributed by atoms with Gasteiger partial charge in [0.2, 0.25) is 5.91 Å². The first-order chi connectivity index (χ1) is 8.63. The third-order valence-corrected chi connectivity index (χ3v) is 2.62. The molecule has 1 aromatic carbocycles. The van der Waals surface area contributed by atoms with Crippen LogP contribution in [0.1, 0.15) is 24.5 Å². The molecule has 0 aromatic heterocycles. The molecule has 0 aliphatic carbocycles. The lowest BCUT2D eigenvalue weighted by Gasteiger charge is -2.06. The van der Waals surface area contributed by atoms with Crippen molar-refractivity contribution in [3.63, 3.8) is 0 Å². The molecule has 98 valence electrons. The van der Waals surface area contributed by atoms with Gasteiger partial charge in [0, 0.05) is 6.42 Å². The number of esters is 1. The van der Waals surface area contributed by atoms with Gasteiger partial charge in [-0.3, -0.25) is 9.59 Å². The van der Waals surface area contributed by atoms with Gasteiger partial charge in [-0.25, -0.2) is 0 Å². The summed E-state index contributed by atoms with van der Waals surface area (Å²) in [6.07, 6.45) is 1.06. The van der Waals surface area contributed by atoms with E-state index >= 15 is 0 Å². The molecule has 18 heavy (non-hydrogen) atoms. The van der Waals surface area contributed by atoms with E-state index in [9.17, 15) is 9.59 Å². The van der Waals surface area contributed by atoms with E-state index in [4.69, 9.17) is 4.74 Å².